The van der Waals surface area contributed by atoms with Crippen molar-refractivity contribution < 1.29 is 0 Å². The van der Waals surface area contributed by atoms with E-state index in [9.17, 15) is 0 Å². The number of likely N-dealkylation sites (tertiary alicyclic amines) is 1. The Morgan fingerprint density at radius 2 is 1.89 bits per heavy atom. The lowest BCUT2D eigenvalue weighted by atomic mass is 9.99. The van der Waals surface area contributed by atoms with Gasteiger partial charge in [0.2, 0.25) is 0 Å². The fourth-order valence-electron chi connectivity index (χ4n) is 2.03. The molecular weight excluding hydrogens is 220 g/mol. The largest absolute Gasteiger partial charge is 0.357 e. The average Bonchev–Trinajstić information content (AvgIpc) is 2.34. The summed E-state index contributed by atoms with van der Waals surface area (Å²) in [4.78, 5) is 6.77. The van der Waals surface area contributed by atoms with Crippen molar-refractivity contribution >= 4 is 6.21 Å². The van der Waals surface area contributed by atoms with Crippen molar-refractivity contribution in [1.82, 2.24) is 4.90 Å². The molecule has 0 aromatic rings. The Kier molecular flexibility index (Phi) is 5.90. The first kappa shape index (κ1) is 14.7. The predicted octanol–water partition coefficient (Wildman–Crippen LogP) is 4.17. The number of hydrogen-bond donors (Lipinski definition) is 0. The molecule has 0 aliphatic carbocycles. The minimum Gasteiger partial charge on any atom is -0.357 e. The van der Waals surface area contributed by atoms with Crippen LogP contribution in [0.2, 0.25) is 0 Å². The number of allylic oxidation sites excluding steroid dienone is 4. The van der Waals surface area contributed by atoms with Crippen molar-refractivity contribution in [1.29, 1.82) is 0 Å². The maximum Gasteiger partial charge on any atom is 0.121 e. The molecule has 0 saturated carbocycles. The summed E-state index contributed by atoms with van der Waals surface area (Å²) >= 11 is 0. The molecule has 1 saturated heterocycles. The Morgan fingerprint density at radius 1 is 1.28 bits per heavy atom. The number of rotatable bonds is 4. The fraction of sp³-hybridized carbons (Fsp3) is 0.562. The van der Waals surface area contributed by atoms with Gasteiger partial charge < -0.3 is 4.90 Å². The fourth-order valence-corrected chi connectivity index (χ4v) is 2.03. The number of aliphatic imine (C=N–C) groups is 1. The molecule has 2 heteroatoms. The molecule has 1 fully saturated rings. The molecular formula is C16H26N2. The first-order valence-corrected chi connectivity index (χ1v) is 6.82. The number of nitrogens with zero attached hydrogens (tertiary/aromatic N) is 2. The highest BCUT2D eigenvalue weighted by Gasteiger charge is 2.15. The van der Waals surface area contributed by atoms with Gasteiger partial charge in [0, 0.05) is 19.3 Å². The lowest BCUT2D eigenvalue weighted by Gasteiger charge is -2.31. The average molecular weight is 246 g/mol. The Bertz CT molecular complexity index is 363. The molecule has 1 rings (SSSR count). The van der Waals surface area contributed by atoms with Crippen LogP contribution in [-0.4, -0.2) is 24.2 Å². The van der Waals surface area contributed by atoms with E-state index in [0.29, 0.717) is 0 Å². The zero-order valence-corrected chi connectivity index (χ0v) is 12.2. The normalized spacial score (nSPS) is 18.2. The highest BCUT2D eigenvalue weighted by Crippen LogP contribution is 2.19. The van der Waals surface area contributed by atoms with Crippen LogP contribution in [0.25, 0.3) is 0 Å². The Hall–Kier alpha value is -1.31. The minimum atomic E-state index is 0.842. The molecule has 1 heterocycles. The molecule has 0 atom stereocenters. The summed E-state index contributed by atoms with van der Waals surface area (Å²) < 4.78 is 0. The van der Waals surface area contributed by atoms with E-state index in [4.69, 9.17) is 0 Å². The SMILES string of the molecule is C=C(/N=C\C(C=C(C)C)=C/C)N1CCC(C)CC1. The third-order valence-electron chi connectivity index (χ3n) is 3.30. The lowest BCUT2D eigenvalue weighted by Crippen LogP contribution is -2.31. The van der Waals surface area contributed by atoms with Crippen molar-refractivity contribution in [3.63, 3.8) is 0 Å². The molecule has 0 aromatic heterocycles. The summed E-state index contributed by atoms with van der Waals surface area (Å²) in [6.07, 6.45) is 8.61. The molecule has 1 aliphatic rings. The van der Waals surface area contributed by atoms with Gasteiger partial charge >= 0.3 is 0 Å². The van der Waals surface area contributed by atoms with Crippen LogP contribution in [0, 0.1) is 5.92 Å². The highest BCUT2D eigenvalue weighted by molar-refractivity contribution is 5.83. The number of hydrogen-bond acceptors (Lipinski definition) is 2. The quantitative estimate of drug-likeness (QED) is 0.537. The van der Waals surface area contributed by atoms with Gasteiger partial charge in [-0.1, -0.05) is 31.2 Å². The van der Waals surface area contributed by atoms with E-state index in [2.05, 4.69) is 49.4 Å². The van der Waals surface area contributed by atoms with E-state index < -0.39 is 0 Å². The van der Waals surface area contributed by atoms with Crippen molar-refractivity contribution in [3.05, 3.63) is 35.7 Å². The van der Waals surface area contributed by atoms with Gasteiger partial charge in [0.25, 0.3) is 0 Å². The van der Waals surface area contributed by atoms with E-state index >= 15 is 0 Å². The van der Waals surface area contributed by atoms with Gasteiger partial charge in [-0.05, 0) is 45.1 Å². The van der Waals surface area contributed by atoms with Crippen molar-refractivity contribution in [2.75, 3.05) is 13.1 Å². The molecule has 0 spiro atoms. The minimum absolute atomic E-state index is 0.842. The summed E-state index contributed by atoms with van der Waals surface area (Å²) in [5, 5.41) is 0. The van der Waals surface area contributed by atoms with E-state index in [1.807, 2.05) is 13.1 Å². The molecule has 18 heavy (non-hydrogen) atoms. The van der Waals surface area contributed by atoms with Crippen LogP contribution < -0.4 is 0 Å². The van der Waals surface area contributed by atoms with E-state index in [1.165, 1.54) is 18.4 Å². The van der Waals surface area contributed by atoms with Crippen LogP contribution in [0.15, 0.2) is 40.7 Å². The molecule has 2 nitrogen and oxygen atoms in total. The third-order valence-corrected chi connectivity index (χ3v) is 3.30. The van der Waals surface area contributed by atoms with Crippen molar-refractivity contribution in [3.8, 4) is 0 Å². The van der Waals surface area contributed by atoms with Gasteiger partial charge in [0.1, 0.15) is 5.82 Å². The van der Waals surface area contributed by atoms with Crippen LogP contribution in [0.5, 0.6) is 0 Å². The molecule has 0 aromatic carbocycles. The van der Waals surface area contributed by atoms with Gasteiger partial charge in [-0.25, -0.2) is 4.99 Å². The molecule has 0 bridgehead atoms. The first-order valence-electron chi connectivity index (χ1n) is 6.82. The zero-order chi connectivity index (χ0) is 13.5. The highest BCUT2D eigenvalue weighted by atomic mass is 15.2. The second-order valence-corrected chi connectivity index (χ2v) is 5.35. The topological polar surface area (TPSA) is 15.6 Å². The number of piperidine rings is 1. The predicted molar refractivity (Wildman–Crippen MR) is 80.8 cm³/mol. The second kappa shape index (κ2) is 7.20. The second-order valence-electron chi connectivity index (χ2n) is 5.35. The van der Waals surface area contributed by atoms with Crippen LogP contribution in [0.3, 0.4) is 0 Å². The van der Waals surface area contributed by atoms with Crippen LogP contribution in [-0.2, 0) is 0 Å². The smallest absolute Gasteiger partial charge is 0.121 e. The van der Waals surface area contributed by atoms with Crippen LogP contribution in [0.1, 0.15) is 40.5 Å². The van der Waals surface area contributed by atoms with Gasteiger partial charge in [-0.2, -0.15) is 0 Å². The molecule has 0 unspecified atom stereocenters. The van der Waals surface area contributed by atoms with Crippen molar-refractivity contribution in [2.24, 2.45) is 10.9 Å². The zero-order valence-electron chi connectivity index (χ0n) is 12.2. The summed E-state index contributed by atoms with van der Waals surface area (Å²) in [7, 11) is 0. The molecule has 1 aliphatic heterocycles. The van der Waals surface area contributed by atoms with Gasteiger partial charge in [0.05, 0.1) is 0 Å². The summed E-state index contributed by atoms with van der Waals surface area (Å²) in [5.74, 6) is 1.73. The summed E-state index contributed by atoms with van der Waals surface area (Å²) in [6.45, 7) is 14.8. The maximum atomic E-state index is 4.49. The van der Waals surface area contributed by atoms with E-state index in [1.54, 1.807) is 0 Å². The molecule has 100 valence electrons. The monoisotopic (exact) mass is 246 g/mol. The molecule has 0 radical (unpaired) electrons. The van der Waals surface area contributed by atoms with Crippen LogP contribution in [0.4, 0.5) is 0 Å². The summed E-state index contributed by atoms with van der Waals surface area (Å²) in [6, 6.07) is 0. The molecule has 0 N–H and O–H groups in total. The van der Waals surface area contributed by atoms with E-state index in [-0.39, 0.29) is 0 Å². The van der Waals surface area contributed by atoms with Crippen LogP contribution >= 0.6 is 0 Å². The van der Waals surface area contributed by atoms with Gasteiger partial charge in [-0.3, -0.25) is 0 Å². The molecule has 0 amide bonds. The first-order chi connectivity index (χ1) is 8.52. The van der Waals surface area contributed by atoms with Gasteiger partial charge in [-0.15, -0.1) is 0 Å². The van der Waals surface area contributed by atoms with E-state index in [0.717, 1.165) is 30.4 Å². The Balaban J connectivity index is 2.56. The Labute approximate surface area is 112 Å². The Morgan fingerprint density at radius 3 is 2.39 bits per heavy atom. The third kappa shape index (κ3) is 4.91. The lowest BCUT2D eigenvalue weighted by molar-refractivity contribution is 0.237. The van der Waals surface area contributed by atoms with Gasteiger partial charge in [0.15, 0.2) is 0 Å². The summed E-state index contributed by atoms with van der Waals surface area (Å²) in [5.41, 5.74) is 2.42. The van der Waals surface area contributed by atoms with Crippen molar-refractivity contribution in [2.45, 2.75) is 40.5 Å². The standard InChI is InChI=1S/C16H26N2/c1-6-16(11-13(2)3)12-17-15(5)18-9-7-14(4)8-10-18/h6,11-12,14H,5,7-10H2,1-4H3/b16-6-,17-12-. The maximum absolute atomic E-state index is 4.49.